The maximum Gasteiger partial charge on any atom is 0.118 e. The molecule has 116 valence electrons. The predicted octanol–water partition coefficient (Wildman–Crippen LogP) is 3.29. The lowest BCUT2D eigenvalue weighted by Gasteiger charge is -2.33. The number of hydrogen-bond donors (Lipinski definition) is 0. The van der Waals surface area contributed by atoms with E-state index in [1.807, 2.05) is 12.1 Å². The quantitative estimate of drug-likeness (QED) is 0.750. The summed E-state index contributed by atoms with van der Waals surface area (Å²) in [6.45, 7) is 8.15. The molecule has 0 aromatic heterocycles. The number of methoxy groups -OCH3 is 1. The van der Waals surface area contributed by atoms with E-state index >= 15 is 0 Å². The molecule has 1 saturated heterocycles. The number of nitrogens with zero attached hydrogens (tertiary/aromatic N) is 1. The van der Waals surface area contributed by atoms with Crippen LogP contribution in [0.2, 0.25) is 0 Å². The highest BCUT2D eigenvalue weighted by Crippen LogP contribution is 2.17. The molecular formula is C18H27NO2. The lowest BCUT2D eigenvalue weighted by molar-refractivity contribution is 0.0241. The molecule has 1 aliphatic rings. The van der Waals surface area contributed by atoms with Gasteiger partial charge in [0.25, 0.3) is 0 Å². The van der Waals surface area contributed by atoms with E-state index in [0.717, 1.165) is 44.9 Å². The molecule has 21 heavy (non-hydrogen) atoms. The molecule has 1 atom stereocenters. The Morgan fingerprint density at radius 2 is 1.90 bits per heavy atom. The van der Waals surface area contributed by atoms with Crippen molar-refractivity contribution in [2.24, 2.45) is 0 Å². The number of benzene rings is 1. The van der Waals surface area contributed by atoms with E-state index in [-0.39, 0.29) is 0 Å². The minimum atomic E-state index is 0.515. The predicted molar refractivity (Wildman–Crippen MR) is 86.9 cm³/mol. The first-order valence-corrected chi connectivity index (χ1v) is 7.79. The highest BCUT2D eigenvalue weighted by atomic mass is 16.5. The van der Waals surface area contributed by atoms with Crippen LogP contribution in [0.25, 0.3) is 0 Å². The van der Waals surface area contributed by atoms with Gasteiger partial charge in [0, 0.05) is 19.1 Å². The summed E-state index contributed by atoms with van der Waals surface area (Å²) in [5.74, 6) is 0.924. The monoisotopic (exact) mass is 289 g/mol. The van der Waals surface area contributed by atoms with Gasteiger partial charge in [0.15, 0.2) is 0 Å². The Hall–Kier alpha value is -1.32. The fraction of sp³-hybridized carbons (Fsp3) is 0.556. The van der Waals surface area contributed by atoms with Crippen LogP contribution in [-0.2, 0) is 11.2 Å². The first-order valence-electron chi connectivity index (χ1n) is 7.79. The van der Waals surface area contributed by atoms with Gasteiger partial charge in [-0.25, -0.2) is 0 Å². The summed E-state index contributed by atoms with van der Waals surface area (Å²) in [6, 6.07) is 8.93. The van der Waals surface area contributed by atoms with E-state index in [9.17, 15) is 0 Å². The summed E-state index contributed by atoms with van der Waals surface area (Å²) in [6.07, 6.45) is 4.64. The van der Waals surface area contributed by atoms with E-state index in [4.69, 9.17) is 9.47 Å². The maximum atomic E-state index is 5.47. The van der Waals surface area contributed by atoms with Crippen LogP contribution in [0.4, 0.5) is 0 Å². The van der Waals surface area contributed by atoms with Crippen molar-refractivity contribution in [2.45, 2.75) is 32.7 Å². The standard InChI is InChI=1S/C18H27NO2/c1-15(2)14-17(19-10-12-21-13-11-19)7-4-16-5-8-18(20-3)9-6-16/h5-6,8-9,14,17H,4,7,10-13H2,1-3H3. The van der Waals surface area contributed by atoms with Crippen molar-refractivity contribution in [1.82, 2.24) is 4.90 Å². The minimum absolute atomic E-state index is 0.515. The number of allylic oxidation sites excluding steroid dienone is 1. The van der Waals surface area contributed by atoms with Gasteiger partial charge < -0.3 is 9.47 Å². The Morgan fingerprint density at radius 1 is 1.24 bits per heavy atom. The second-order valence-electron chi connectivity index (χ2n) is 5.85. The molecule has 3 nitrogen and oxygen atoms in total. The van der Waals surface area contributed by atoms with Gasteiger partial charge >= 0.3 is 0 Å². The number of aryl methyl sites for hydroxylation is 1. The molecule has 0 aliphatic carbocycles. The molecule has 1 aromatic carbocycles. The zero-order valence-corrected chi connectivity index (χ0v) is 13.5. The topological polar surface area (TPSA) is 21.7 Å². The fourth-order valence-corrected chi connectivity index (χ4v) is 2.77. The average molecular weight is 289 g/mol. The van der Waals surface area contributed by atoms with E-state index < -0.39 is 0 Å². The second kappa shape index (κ2) is 8.20. The summed E-state index contributed by atoms with van der Waals surface area (Å²) >= 11 is 0. The number of morpholine rings is 1. The van der Waals surface area contributed by atoms with Crippen LogP contribution in [0.5, 0.6) is 5.75 Å². The summed E-state index contributed by atoms with van der Waals surface area (Å²) in [7, 11) is 1.71. The average Bonchev–Trinajstić information content (AvgIpc) is 2.52. The molecule has 0 N–H and O–H groups in total. The molecule has 3 heteroatoms. The number of ether oxygens (including phenoxy) is 2. The molecule has 0 saturated carbocycles. The van der Waals surface area contributed by atoms with Crippen LogP contribution in [0, 0.1) is 0 Å². The third kappa shape index (κ3) is 5.18. The van der Waals surface area contributed by atoms with Crippen molar-refractivity contribution in [2.75, 3.05) is 33.4 Å². The maximum absolute atomic E-state index is 5.47. The van der Waals surface area contributed by atoms with Crippen molar-refractivity contribution >= 4 is 0 Å². The molecule has 0 radical (unpaired) electrons. The Kier molecular flexibility index (Phi) is 6.27. The molecule has 2 rings (SSSR count). The Bertz CT molecular complexity index is 443. The van der Waals surface area contributed by atoms with Crippen LogP contribution in [-0.4, -0.2) is 44.4 Å². The zero-order valence-electron chi connectivity index (χ0n) is 13.5. The first kappa shape index (κ1) is 16.1. The lowest BCUT2D eigenvalue weighted by atomic mass is 10.0. The van der Waals surface area contributed by atoms with Gasteiger partial charge in [-0.3, -0.25) is 4.90 Å². The van der Waals surface area contributed by atoms with Crippen molar-refractivity contribution in [3.05, 3.63) is 41.5 Å². The van der Waals surface area contributed by atoms with Gasteiger partial charge in [0.05, 0.1) is 20.3 Å². The van der Waals surface area contributed by atoms with Crippen molar-refractivity contribution in [3.8, 4) is 5.75 Å². The highest BCUT2D eigenvalue weighted by molar-refractivity contribution is 5.27. The molecule has 0 bridgehead atoms. The molecule has 0 spiro atoms. The van der Waals surface area contributed by atoms with E-state index in [1.165, 1.54) is 11.1 Å². The molecule has 1 unspecified atom stereocenters. The van der Waals surface area contributed by atoms with Crippen molar-refractivity contribution in [1.29, 1.82) is 0 Å². The van der Waals surface area contributed by atoms with Gasteiger partial charge in [-0.05, 0) is 44.4 Å². The SMILES string of the molecule is COc1ccc(CCC(C=C(C)C)N2CCOCC2)cc1. The molecule has 1 heterocycles. The van der Waals surface area contributed by atoms with Crippen LogP contribution in [0.1, 0.15) is 25.8 Å². The van der Waals surface area contributed by atoms with E-state index in [0.29, 0.717) is 6.04 Å². The van der Waals surface area contributed by atoms with Gasteiger partial charge in [0.2, 0.25) is 0 Å². The van der Waals surface area contributed by atoms with Crippen LogP contribution < -0.4 is 4.74 Å². The van der Waals surface area contributed by atoms with Crippen LogP contribution in [0.3, 0.4) is 0 Å². The normalized spacial score (nSPS) is 17.3. The van der Waals surface area contributed by atoms with Gasteiger partial charge in [-0.15, -0.1) is 0 Å². The molecular weight excluding hydrogens is 262 g/mol. The van der Waals surface area contributed by atoms with E-state index in [2.05, 4.69) is 37.0 Å². The van der Waals surface area contributed by atoms with Gasteiger partial charge in [-0.1, -0.05) is 23.8 Å². The van der Waals surface area contributed by atoms with E-state index in [1.54, 1.807) is 7.11 Å². The fourth-order valence-electron chi connectivity index (χ4n) is 2.77. The third-order valence-corrected chi connectivity index (χ3v) is 3.93. The van der Waals surface area contributed by atoms with Crippen LogP contribution >= 0.6 is 0 Å². The molecule has 1 fully saturated rings. The Labute approximate surface area is 128 Å². The first-order chi connectivity index (χ1) is 10.2. The second-order valence-corrected chi connectivity index (χ2v) is 5.85. The number of hydrogen-bond acceptors (Lipinski definition) is 3. The summed E-state index contributed by atoms with van der Waals surface area (Å²) in [4.78, 5) is 2.54. The Balaban J connectivity index is 1.95. The van der Waals surface area contributed by atoms with Crippen molar-refractivity contribution in [3.63, 3.8) is 0 Å². The minimum Gasteiger partial charge on any atom is -0.497 e. The third-order valence-electron chi connectivity index (χ3n) is 3.93. The Morgan fingerprint density at radius 3 is 2.48 bits per heavy atom. The van der Waals surface area contributed by atoms with Gasteiger partial charge in [-0.2, -0.15) is 0 Å². The molecule has 1 aliphatic heterocycles. The highest BCUT2D eigenvalue weighted by Gasteiger charge is 2.18. The summed E-state index contributed by atoms with van der Waals surface area (Å²) < 4.78 is 10.7. The van der Waals surface area contributed by atoms with Crippen LogP contribution in [0.15, 0.2) is 35.9 Å². The molecule has 1 aromatic rings. The molecule has 0 amide bonds. The number of rotatable bonds is 6. The van der Waals surface area contributed by atoms with Gasteiger partial charge in [0.1, 0.15) is 5.75 Å². The lowest BCUT2D eigenvalue weighted by Crippen LogP contribution is -2.43. The largest absolute Gasteiger partial charge is 0.497 e. The summed E-state index contributed by atoms with van der Waals surface area (Å²) in [5, 5.41) is 0. The zero-order chi connectivity index (χ0) is 15.1. The van der Waals surface area contributed by atoms with Crippen molar-refractivity contribution < 1.29 is 9.47 Å². The summed E-state index contributed by atoms with van der Waals surface area (Å²) in [5.41, 5.74) is 2.76. The smallest absolute Gasteiger partial charge is 0.118 e.